The second-order valence-electron chi connectivity index (χ2n) is 4.86. The van der Waals surface area contributed by atoms with Crippen molar-refractivity contribution in [2.75, 3.05) is 13.2 Å². The van der Waals surface area contributed by atoms with Gasteiger partial charge in [0.2, 0.25) is 0 Å². The summed E-state index contributed by atoms with van der Waals surface area (Å²) >= 11 is 0. The minimum Gasteiger partial charge on any atom is -0.396 e. The maximum absolute atomic E-state index is 8.83. The van der Waals surface area contributed by atoms with E-state index >= 15 is 0 Å². The normalized spacial score (nSPS) is 50.8. The smallest absolute Gasteiger partial charge is 0.0970 e. The molecule has 1 aliphatic carbocycles. The number of aliphatic hydroxyl groups is 1. The molecule has 3 nitrogen and oxygen atoms in total. The van der Waals surface area contributed by atoms with Crippen molar-refractivity contribution < 1.29 is 14.6 Å². The van der Waals surface area contributed by atoms with E-state index in [9.17, 15) is 0 Å². The van der Waals surface area contributed by atoms with Crippen LogP contribution in [0, 0.1) is 5.92 Å². The van der Waals surface area contributed by atoms with Crippen molar-refractivity contribution >= 4 is 0 Å². The summed E-state index contributed by atoms with van der Waals surface area (Å²) in [7, 11) is 0. The lowest BCUT2D eigenvalue weighted by molar-refractivity contribution is 0.130. The largest absolute Gasteiger partial charge is 0.396 e. The number of ether oxygens (including phenoxy) is 2. The molecular formula is C11H18O3. The van der Waals surface area contributed by atoms with E-state index in [2.05, 4.69) is 0 Å². The third-order valence-electron chi connectivity index (χ3n) is 3.99. The molecule has 2 heterocycles. The van der Waals surface area contributed by atoms with Gasteiger partial charge >= 0.3 is 0 Å². The Morgan fingerprint density at radius 3 is 2.93 bits per heavy atom. The van der Waals surface area contributed by atoms with Crippen molar-refractivity contribution in [1.82, 2.24) is 0 Å². The molecule has 3 heteroatoms. The van der Waals surface area contributed by atoms with E-state index in [1.165, 1.54) is 25.7 Å². The van der Waals surface area contributed by atoms with Crippen molar-refractivity contribution in [2.24, 2.45) is 5.92 Å². The molecule has 2 saturated heterocycles. The van der Waals surface area contributed by atoms with E-state index in [4.69, 9.17) is 14.6 Å². The van der Waals surface area contributed by atoms with Gasteiger partial charge in [-0.05, 0) is 19.3 Å². The fraction of sp³-hybridized carbons (Fsp3) is 1.00. The SMILES string of the molecule is OCCC1OC1C1CCCCC12CO2. The molecule has 3 rings (SSSR count). The molecule has 1 N–H and O–H groups in total. The van der Waals surface area contributed by atoms with Gasteiger partial charge in [0.05, 0.1) is 24.4 Å². The van der Waals surface area contributed by atoms with Gasteiger partial charge in [0, 0.05) is 12.5 Å². The molecule has 2 aliphatic heterocycles. The standard InChI is InChI=1S/C11H18O3/c12-6-4-9-10(14-9)8-3-1-2-5-11(8)7-13-11/h8-10,12H,1-7H2. The molecule has 4 atom stereocenters. The van der Waals surface area contributed by atoms with Crippen molar-refractivity contribution in [1.29, 1.82) is 0 Å². The molecule has 0 aromatic carbocycles. The van der Waals surface area contributed by atoms with E-state index in [1.807, 2.05) is 0 Å². The number of hydrogen-bond acceptors (Lipinski definition) is 3. The minimum atomic E-state index is 0.202. The van der Waals surface area contributed by atoms with Crippen molar-refractivity contribution in [3.05, 3.63) is 0 Å². The summed E-state index contributed by atoms with van der Waals surface area (Å²) < 4.78 is 11.3. The lowest BCUT2D eigenvalue weighted by atomic mass is 9.76. The van der Waals surface area contributed by atoms with E-state index in [0.29, 0.717) is 18.1 Å². The van der Waals surface area contributed by atoms with Crippen LogP contribution < -0.4 is 0 Å². The summed E-state index contributed by atoms with van der Waals surface area (Å²) in [5.41, 5.74) is 0.202. The molecule has 0 aromatic heterocycles. The van der Waals surface area contributed by atoms with E-state index in [1.54, 1.807) is 0 Å². The first-order chi connectivity index (χ1) is 6.86. The Morgan fingerprint density at radius 2 is 2.21 bits per heavy atom. The summed E-state index contributed by atoms with van der Waals surface area (Å²) in [6.45, 7) is 1.20. The lowest BCUT2D eigenvalue weighted by Crippen LogP contribution is -2.33. The van der Waals surface area contributed by atoms with Crippen LogP contribution in [-0.2, 0) is 9.47 Å². The van der Waals surface area contributed by atoms with Crippen LogP contribution in [0.15, 0.2) is 0 Å². The second-order valence-corrected chi connectivity index (χ2v) is 4.86. The molecule has 3 aliphatic rings. The van der Waals surface area contributed by atoms with Gasteiger partial charge in [-0.3, -0.25) is 0 Å². The molecule has 1 spiro atoms. The van der Waals surface area contributed by atoms with Crippen molar-refractivity contribution in [2.45, 2.75) is 49.9 Å². The van der Waals surface area contributed by atoms with Crippen LogP contribution in [0.3, 0.4) is 0 Å². The summed E-state index contributed by atoms with van der Waals surface area (Å²) in [5, 5.41) is 8.83. The molecule has 0 bridgehead atoms. The Bertz CT molecular complexity index is 225. The minimum absolute atomic E-state index is 0.202. The van der Waals surface area contributed by atoms with E-state index in [0.717, 1.165) is 13.0 Å². The van der Waals surface area contributed by atoms with Crippen molar-refractivity contribution in [3.63, 3.8) is 0 Å². The van der Waals surface area contributed by atoms with Gasteiger partial charge in [-0.15, -0.1) is 0 Å². The molecule has 14 heavy (non-hydrogen) atoms. The van der Waals surface area contributed by atoms with Crippen LogP contribution >= 0.6 is 0 Å². The van der Waals surface area contributed by atoms with Crippen LogP contribution in [0.2, 0.25) is 0 Å². The Kier molecular flexibility index (Phi) is 2.08. The van der Waals surface area contributed by atoms with Crippen LogP contribution in [0.4, 0.5) is 0 Å². The van der Waals surface area contributed by atoms with Gasteiger partial charge < -0.3 is 14.6 Å². The number of rotatable bonds is 3. The summed E-state index contributed by atoms with van der Waals surface area (Å²) in [6, 6.07) is 0. The molecule has 0 radical (unpaired) electrons. The quantitative estimate of drug-likeness (QED) is 0.691. The number of aliphatic hydroxyl groups excluding tert-OH is 1. The molecule has 0 amide bonds. The van der Waals surface area contributed by atoms with Gasteiger partial charge in [-0.1, -0.05) is 12.8 Å². The highest BCUT2D eigenvalue weighted by Gasteiger charge is 2.60. The van der Waals surface area contributed by atoms with E-state index < -0.39 is 0 Å². The fourth-order valence-electron chi connectivity index (χ4n) is 3.02. The average molecular weight is 198 g/mol. The highest BCUT2D eigenvalue weighted by atomic mass is 16.6. The maximum atomic E-state index is 8.83. The highest BCUT2D eigenvalue weighted by Crippen LogP contribution is 2.52. The Balaban J connectivity index is 1.61. The zero-order valence-electron chi connectivity index (χ0n) is 8.45. The predicted octanol–water partition coefficient (Wildman–Crippen LogP) is 1.10. The zero-order chi connectivity index (χ0) is 9.60. The summed E-state index contributed by atoms with van der Waals surface area (Å²) in [6.07, 6.45) is 6.64. The average Bonchev–Trinajstić information content (AvgIpc) is 3.08. The fourth-order valence-corrected chi connectivity index (χ4v) is 3.02. The zero-order valence-corrected chi connectivity index (χ0v) is 8.45. The van der Waals surface area contributed by atoms with Gasteiger partial charge in [-0.25, -0.2) is 0 Å². The molecule has 0 aromatic rings. The highest BCUT2D eigenvalue weighted by molar-refractivity contribution is 5.08. The van der Waals surface area contributed by atoms with Gasteiger partial charge in [0.1, 0.15) is 0 Å². The Labute approximate surface area is 84.4 Å². The maximum Gasteiger partial charge on any atom is 0.0970 e. The van der Waals surface area contributed by atoms with Gasteiger partial charge in [0.25, 0.3) is 0 Å². The Morgan fingerprint density at radius 1 is 1.36 bits per heavy atom. The summed E-state index contributed by atoms with van der Waals surface area (Å²) in [5.74, 6) is 0.618. The van der Waals surface area contributed by atoms with Gasteiger partial charge in [-0.2, -0.15) is 0 Å². The molecule has 3 fully saturated rings. The third-order valence-corrected chi connectivity index (χ3v) is 3.99. The lowest BCUT2D eigenvalue weighted by Gasteiger charge is -2.27. The summed E-state index contributed by atoms with van der Waals surface area (Å²) in [4.78, 5) is 0. The first kappa shape index (κ1) is 9.13. The van der Waals surface area contributed by atoms with Gasteiger partial charge in [0.15, 0.2) is 0 Å². The van der Waals surface area contributed by atoms with Crippen molar-refractivity contribution in [3.8, 4) is 0 Å². The topological polar surface area (TPSA) is 45.3 Å². The third kappa shape index (κ3) is 1.38. The second kappa shape index (κ2) is 3.19. The molecular weight excluding hydrogens is 180 g/mol. The predicted molar refractivity (Wildman–Crippen MR) is 51.0 cm³/mol. The molecule has 4 unspecified atom stereocenters. The van der Waals surface area contributed by atoms with Crippen LogP contribution in [0.1, 0.15) is 32.1 Å². The first-order valence-electron chi connectivity index (χ1n) is 5.76. The van der Waals surface area contributed by atoms with E-state index in [-0.39, 0.29) is 12.2 Å². The van der Waals surface area contributed by atoms with Crippen LogP contribution in [0.5, 0.6) is 0 Å². The molecule has 1 saturated carbocycles. The van der Waals surface area contributed by atoms with Crippen LogP contribution in [0.25, 0.3) is 0 Å². The number of hydrogen-bond donors (Lipinski definition) is 1. The Hall–Kier alpha value is -0.120. The number of epoxide rings is 2. The van der Waals surface area contributed by atoms with Crippen LogP contribution in [-0.4, -0.2) is 36.1 Å². The molecule has 80 valence electrons. The first-order valence-corrected chi connectivity index (χ1v) is 5.76. The monoisotopic (exact) mass is 198 g/mol.